The van der Waals surface area contributed by atoms with Crippen molar-refractivity contribution in [3.05, 3.63) is 205 Å². The van der Waals surface area contributed by atoms with Crippen molar-refractivity contribution in [1.82, 2.24) is 20.6 Å². The minimum Gasteiger partial charge on any atom is -0.405 e. The van der Waals surface area contributed by atoms with Gasteiger partial charge in [0.1, 0.15) is 14.9 Å². The van der Waals surface area contributed by atoms with E-state index in [1.807, 2.05) is 234 Å². The molecular weight excluding hydrogens is 1630 g/mol. The van der Waals surface area contributed by atoms with E-state index in [0.29, 0.717) is 23.1 Å². The number of nitrogens with zero attached hydrogens (tertiary/aromatic N) is 2. The van der Waals surface area contributed by atoms with E-state index in [2.05, 4.69) is 99.9 Å². The zero-order valence-corrected chi connectivity index (χ0v) is 73.2. The lowest BCUT2D eigenvalue weighted by molar-refractivity contribution is -0.112. The summed E-state index contributed by atoms with van der Waals surface area (Å²) in [4.78, 5) is 69.9. The quantitative estimate of drug-likeness (QED) is 0.0289. The summed E-state index contributed by atoms with van der Waals surface area (Å²) in [5.74, 6) is -0.725. The molecule has 0 unspecified atom stereocenters. The average Bonchev–Trinajstić information content (AvgIpc) is 1.57. The zero-order chi connectivity index (χ0) is 83.5. The van der Waals surface area contributed by atoms with Crippen LogP contribution in [-0.4, -0.2) is 119 Å². The molecule has 114 heavy (non-hydrogen) atoms. The van der Waals surface area contributed by atoms with Crippen molar-refractivity contribution in [2.75, 3.05) is 45.4 Å². The van der Waals surface area contributed by atoms with Crippen molar-refractivity contribution < 1.29 is 51.9 Å². The molecule has 0 aliphatic carbocycles. The van der Waals surface area contributed by atoms with Gasteiger partial charge < -0.3 is 70.9 Å². The molecule has 9 heterocycles. The minimum atomic E-state index is -0.476. The summed E-state index contributed by atoms with van der Waals surface area (Å²) in [5.41, 5.74) is 16.7. The Labute approximate surface area is 698 Å². The van der Waals surface area contributed by atoms with Crippen LogP contribution in [0.2, 0.25) is 5.15 Å². The monoisotopic (exact) mass is 1720 g/mol. The highest BCUT2D eigenvalue weighted by atomic mass is 79.9. The number of rotatable bonds is 9. The molecule has 3 fully saturated rings. The molecule has 10 aromatic rings. The number of aryl methyl sites for hydroxylation is 4. The molecule has 0 radical (unpaired) electrons. The highest BCUT2D eigenvalue weighted by molar-refractivity contribution is 9.10. The van der Waals surface area contributed by atoms with Crippen LogP contribution in [0.5, 0.6) is 0 Å². The van der Waals surface area contributed by atoms with Gasteiger partial charge in [0.05, 0.1) is 61.7 Å². The Bertz CT molecular complexity index is 5320. The number of nitrogen functional groups attached to an aromatic ring is 1. The number of carbonyl (C=O) groups is 5. The number of fused-ring (bicyclic) bond motifs is 10. The maximum Gasteiger partial charge on any atom is 0.494 e. The van der Waals surface area contributed by atoms with Crippen molar-refractivity contribution in [3.63, 3.8) is 0 Å². The fraction of sp³-hybridized carbons (Fsp3) is 0.329. The largest absolute Gasteiger partial charge is 0.494 e. The maximum absolute atomic E-state index is 12.6. The van der Waals surface area contributed by atoms with Crippen LogP contribution in [0.1, 0.15) is 139 Å². The number of hydrogen-bond donors (Lipinski definition) is 8. The Kier molecular flexibility index (Phi) is 27.2. The second-order valence-corrected chi connectivity index (χ2v) is 35.8. The number of benzene rings is 6. The molecule has 0 spiro atoms. The molecule has 4 aromatic heterocycles. The van der Waals surface area contributed by atoms with Crippen molar-refractivity contribution in [2.45, 2.75) is 170 Å². The summed E-state index contributed by atoms with van der Waals surface area (Å²) in [6.45, 7) is 47.8. The van der Waals surface area contributed by atoms with Crippen LogP contribution < -0.4 is 48.4 Å². The Morgan fingerprint density at radius 1 is 0.509 bits per heavy atom. The summed E-state index contributed by atoms with van der Waals surface area (Å²) in [6, 6.07) is 39.2. The third-order valence-electron chi connectivity index (χ3n) is 21.2. The summed E-state index contributed by atoms with van der Waals surface area (Å²) >= 11 is 15.6. The molecule has 0 bridgehead atoms. The minimum absolute atomic E-state index is 0.0150. The van der Waals surface area contributed by atoms with Crippen molar-refractivity contribution in [1.29, 1.82) is 0 Å². The fourth-order valence-electron chi connectivity index (χ4n) is 12.3. The molecule has 15 rings (SSSR count). The van der Waals surface area contributed by atoms with Gasteiger partial charge in [-0.1, -0.05) is 99.6 Å². The smallest absolute Gasteiger partial charge is 0.405 e. The molecule has 596 valence electrons. The van der Waals surface area contributed by atoms with Crippen molar-refractivity contribution in [2.24, 2.45) is 0 Å². The number of amides is 5. The highest BCUT2D eigenvalue weighted by Gasteiger charge is 2.64. The highest BCUT2D eigenvalue weighted by Crippen LogP contribution is 2.46. The van der Waals surface area contributed by atoms with Crippen LogP contribution in [0.15, 0.2) is 168 Å². The van der Waals surface area contributed by atoms with Gasteiger partial charge in [-0.15, -0.1) is 22.7 Å². The molecule has 5 amide bonds. The van der Waals surface area contributed by atoms with Gasteiger partial charge in [0.2, 0.25) is 17.7 Å². The third-order valence-corrected chi connectivity index (χ3v) is 24.7. The van der Waals surface area contributed by atoms with Crippen LogP contribution >= 0.6 is 66.1 Å². The van der Waals surface area contributed by atoms with Gasteiger partial charge in [0.15, 0.2) is 0 Å². The van der Waals surface area contributed by atoms with E-state index in [9.17, 15) is 24.0 Å². The summed E-state index contributed by atoms with van der Waals surface area (Å²) in [5, 5.41) is 25.8. The Balaban J connectivity index is 0.000000151. The fourth-order valence-corrected chi connectivity index (χ4v) is 15.4. The third kappa shape index (κ3) is 20.0. The standard InChI is InChI=1S/C25H22N4O2S.C16H22BNO3.C15H12ClN3OS.C12H24B2O4.C10H10BrNO.C7H8BrN/c1-4-21(30)29-19-11-15(6-5-13(19)2)17-8-7-16-18(28-17)9-10-20-22(16)23-24(32-20)25(31)27-14(3)12-26-23;1-7-14(19)18-13-10-12(9-8-11(13)2)17-20-15(3,4)16(5,6)21-17;1-7-6-17-13-12-8-2-5-11(16)19-9(8)3-4-10(12)21-14(13)15(20)18-7;1-9(2)10(3,4)16-13(15-9)14-17-11(5,6)12(7,8)18-14;1-3-10(13)12-9-6-8(11)5-4-7(9)2;1-5-2-3-6(8)4-7(5)9/h4-11,14,26H,1,12H2,2-3H3,(H,27,31)(H,29,30);7-10H,1H2,2-6H3,(H,18,19);2-5,7,17H,6H2,1H3,(H,18,20);1-8H3;3-6H,1H2,2H3,(H,12,13);2-4H,9H2,1H3/t14-;;7-;;;/m1.1.../s1. The normalized spacial score (nSPS) is 18.2. The van der Waals surface area contributed by atoms with Crippen LogP contribution in [0, 0.1) is 27.7 Å². The summed E-state index contributed by atoms with van der Waals surface area (Å²) in [6.07, 6.45) is 3.76. The Morgan fingerprint density at radius 2 is 0.895 bits per heavy atom. The number of carbonyl (C=O) groups excluding carboxylic acids is 5. The van der Waals surface area contributed by atoms with E-state index in [-0.39, 0.29) is 75.2 Å². The Hall–Kier alpha value is -8.77. The van der Waals surface area contributed by atoms with E-state index in [4.69, 9.17) is 50.2 Å². The molecule has 29 heteroatoms. The van der Waals surface area contributed by atoms with E-state index in [0.717, 1.165) is 129 Å². The summed E-state index contributed by atoms with van der Waals surface area (Å²) < 4.78 is 40.0. The van der Waals surface area contributed by atoms with Gasteiger partial charge in [-0.25, -0.2) is 9.97 Å². The Morgan fingerprint density at radius 3 is 1.33 bits per heavy atom. The van der Waals surface area contributed by atoms with Gasteiger partial charge in [-0.3, -0.25) is 24.0 Å². The van der Waals surface area contributed by atoms with E-state index < -0.39 is 21.1 Å². The van der Waals surface area contributed by atoms with Gasteiger partial charge in [0, 0.05) is 93.4 Å². The number of pyridine rings is 2. The first kappa shape index (κ1) is 87.6. The number of nitrogens with two attached hydrogens (primary N) is 1. The van der Waals surface area contributed by atoms with E-state index in [1.165, 1.54) is 40.9 Å². The van der Waals surface area contributed by atoms with Crippen LogP contribution in [0.4, 0.5) is 34.1 Å². The number of nitrogens with one attached hydrogen (secondary N) is 7. The van der Waals surface area contributed by atoms with Crippen LogP contribution in [0.3, 0.4) is 0 Å². The lowest BCUT2D eigenvalue weighted by Gasteiger charge is -2.32. The summed E-state index contributed by atoms with van der Waals surface area (Å²) in [7, 11) is -1.39. The molecule has 3 saturated heterocycles. The molecular formula is C85H98B3Br2ClN10O11S2. The first-order chi connectivity index (χ1) is 53.4. The van der Waals surface area contributed by atoms with Gasteiger partial charge in [-0.05, 0) is 256 Å². The zero-order valence-electron chi connectivity index (χ0n) is 67.6. The number of hydrogen-bond acceptors (Lipinski definition) is 18. The van der Waals surface area contributed by atoms with Gasteiger partial charge in [-0.2, -0.15) is 0 Å². The number of anilines is 6. The number of aromatic nitrogens is 2. The molecule has 0 saturated carbocycles. The average molecular weight is 1730 g/mol. The topological polar surface area (TPSA) is 277 Å². The molecule has 2 atom stereocenters. The van der Waals surface area contributed by atoms with Crippen LogP contribution in [-0.2, 0) is 42.3 Å². The van der Waals surface area contributed by atoms with E-state index in [1.54, 1.807) is 6.07 Å². The molecule has 9 N–H and O–H groups in total. The predicted molar refractivity (Wildman–Crippen MR) is 478 cm³/mol. The maximum atomic E-state index is 12.6. The second-order valence-electron chi connectivity index (χ2n) is 31.4. The van der Waals surface area contributed by atoms with Crippen molar-refractivity contribution in [3.8, 4) is 11.3 Å². The number of halogens is 3. The van der Waals surface area contributed by atoms with Gasteiger partial charge >= 0.3 is 21.1 Å². The molecule has 6 aromatic carbocycles. The molecule has 5 aliphatic rings. The molecule has 21 nitrogen and oxygen atoms in total. The SMILES string of the molecule is C=CC(=O)Nc1cc(-c2ccc3c(ccc4sc5c(c43)NC[C@@H](C)NC5=O)n2)ccc1C.C=CC(=O)Nc1cc(B2OC(C)(C)C(C)(C)O2)ccc1C.C=CC(=O)Nc1cc(Br)ccc1C.CC1(C)OB(B2OC(C)(C)C(C)(C)O2)OC1(C)C.C[C@@H]1CNc2c(sc3ccc4nc(Cl)ccc4c23)C(=O)N1.Cc1ccc(Br)cc1N. The van der Waals surface area contributed by atoms with Crippen molar-refractivity contribution >= 4 is 198 Å². The lowest BCUT2D eigenvalue weighted by atomic mass is 9.49. The first-order valence-electron chi connectivity index (χ1n) is 37.3. The van der Waals surface area contributed by atoms with Crippen LogP contribution in [0.25, 0.3) is 53.2 Å². The second kappa shape index (κ2) is 35.4. The predicted octanol–water partition coefficient (Wildman–Crippen LogP) is 18.6. The number of thiophene rings is 2. The first-order valence-corrected chi connectivity index (χ1v) is 40.9. The molecule has 5 aliphatic heterocycles. The lowest BCUT2D eigenvalue weighted by Crippen LogP contribution is -2.41. The van der Waals surface area contributed by atoms with E-state index >= 15 is 0 Å². The van der Waals surface area contributed by atoms with Gasteiger partial charge in [0.25, 0.3) is 11.8 Å².